The fourth-order valence-corrected chi connectivity index (χ4v) is 2.94. The van der Waals surface area contributed by atoms with E-state index in [4.69, 9.17) is 11.6 Å². The monoisotopic (exact) mass is 347 g/mol. The molecule has 2 heterocycles. The molecule has 0 saturated heterocycles. The smallest absolute Gasteiger partial charge is 0.267 e. The summed E-state index contributed by atoms with van der Waals surface area (Å²) < 4.78 is 1.37. The zero-order valence-electron chi connectivity index (χ0n) is 13.3. The van der Waals surface area contributed by atoms with Crippen molar-refractivity contribution in [1.82, 2.24) is 14.8 Å². The third kappa shape index (κ3) is 3.04. The molecule has 0 unspecified atom stereocenters. The van der Waals surface area contributed by atoms with Gasteiger partial charge in [-0.1, -0.05) is 48.0 Å². The lowest BCUT2D eigenvalue weighted by atomic mass is 10.0. The first kappa shape index (κ1) is 15.5. The molecule has 4 aromatic rings. The molecule has 0 atom stereocenters. The van der Waals surface area contributed by atoms with Crippen LogP contribution < -0.4 is 5.56 Å². The fourth-order valence-electron chi connectivity index (χ4n) is 2.82. The lowest BCUT2D eigenvalue weighted by Gasteiger charge is -2.10. The number of benzene rings is 2. The van der Waals surface area contributed by atoms with Crippen LogP contribution in [0.1, 0.15) is 11.3 Å². The normalized spacial score (nSPS) is 10.9. The van der Waals surface area contributed by atoms with Gasteiger partial charge < -0.3 is 0 Å². The molecular formula is C20H14ClN3O. The summed E-state index contributed by atoms with van der Waals surface area (Å²) in [7, 11) is 0. The molecule has 0 aliphatic rings. The van der Waals surface area contributed by atoms with E-state index in [1.165, 1.54) is 4.68 Å². The number of hydrogen-bond donors (Lipinski definition) is 0. The quantitative estimate of drug-likeness (QED) is 0.562. The Morgan fingerprint density at radius 3 is 2.32 bits per heavy atom. The Kier molecular flexibility index (Phi) is 4.04. The lowest BCUT2D eigenvalue weighted by Crippen LogP contribution is -2.24. The number of fused-ring (bicyclic) bond motifs is 1. The minimum Gasteiger partial charge on any atom is -0.267 e. The van der Waals surface area contributed by atoms with Crippen molar-refractivity contribution in [2.24, 2.45) is 0 Å². The molecule has 0 bridgehead atoms. The van der Waals surface area contributed by atoms with Crippen LogP contribution in [-0.4, -0.2) is 14.8 Å². The van der Waals surface area contributed by atoms with Crippen LogP contribution in [0.25, 0.3) is 16.6 Å². The molecule has 4 rings (SSSR count). The zero-order valence-corrected chi connectivity index (χ0v) is 14.0. The molecule has 0 spiro atoms. The van der Waals surface area contributed by atoms with Crippen LogP contribution in [0.15, 0.2) is 77.7 Å². The molecule has 4 nitrogen and oxygen atoms in total. The van der Waals surface area contributed by atoms with Gasteiger partial charge in [-0.25, -0.2) is 4.98 Å². The fraction of sp³-hybridized carbons (Fsp3) is 0.0500. The maximum Gasteiger partial charge on any atom is 0.280 e. The average Bonchev–Trinajstić information content (AvgIpc) is 2.66. The third-order valence-electron chi connectivity index (χ3n) is 4.03. The van der Waals surface area contributed by atoms with Gasteiger partial charge in [-0.2, -0.15) is 9.78 Å². The maximum atomic E-state index is 12.8. The topological polar surface area (TPSA) is 47.8 Å². The highest BCUT2D eigenvalue weighted by Gasteiger charge is 2.12. The Morgan fingerprint density at radius 2 is 1.60 bits per heavy atom. The van der Waals surface area contributed by atoms with Gasteiger partial charge >= 0.3 is 0 Å². The second kappa shape index (κ2) is 6.49. The molecule has 0 amide bonds. The largest absolute Gasteiger partial charge is 0.280 e. The summed E-state index contributed by atoms with van der Waals surface area (Å²) in [5.74, 6) is 0.510. The van der Waals surface area contributed by atoms with Gasteiger partial charge in [-0.3, -0.25) is 4.79 Å². The van der Waals surface area contributed by atoms with E-state index in [-0.39, 0.29) is 5.56 Å². The van der Waals surface area contributed by atoms with Crippen LogP contribution in [0.3, 0.4) is 0 Å². The summed E-state index contributed by atoms with van der Waals surface area (Å²) in [6.45, 7) is 0. The van der Waals surface area contributed by atoms with Crippen molar-refractivity contribution < 1.29 is 0 Å². The van der Waals surface area contributed by atoms with Crippen LogP contribution in [0, 0.1) is 0 Å². The van der Waals surface area contributed by atoms with E-state index in [0.717, 1.165) is 16.6 Å². The van der Waals surface area contributed by atoms with Gasteiger partial charge in [0.1, 0.15) is 0 Å². The van der Waals surface area contributed by atoms with Gasteiger partial charge in [-0.05, 0) is 35.9 Å². The summed E-state index contributed by atoms with van der Waals surface area (Å²) in [5.41, 5.74) is 1.73. The van der Waals surface area contributed by atoms with E-state index in [2.05, 4.69) is 10.1 Å². The lowest BCUT2D eigenvalue weighted by molar-refractivity contribution is 0.766. The second-order valence-electron chi connectivity index (χ2n) is 5.70. The highest BCUT2D eigenvalue weighted by Crippen LogP contribution is 2.19. The number of pyridine rings is 1. The first-order chi connectivity index (χ1) is 12.2. The summed E-state index contributed by atoms with van der Waals surface area (Å²) in [6.07, 6.45) is 2.25. The van der Waals surface area contributed by atoms with Gasteiger partial charge in [0.15, 0.2) is 5.82 Å². The van der Waals surface area contributed by atoms with Gasteiger partial charge in [0, 0.05) is 23.0 Å². The first-order valence-electron chi connectivity index (χ1n) is 7.89. The van der Waals surface area contributed by atoms with Gasteiger partial charge in [0.05, 0.1) is 11.1 Å². The minimum absolute atomic E-state index is 0.172. The maximum absolute atomic E-state index is 12.8. The molecule has 0 radical (unpaired) electrons. The van der Waals surface area contributed by atoms with Gasteiger partial charge in [0.25, 0.3) is 5.56 Å². The van der Waals surface area contributed by atoms with E-state index >= 15 is 0 Å². The summed E-state index contributed by atoms with van der Waals surface area (Å²) in [4.78, 5) is 17.1. The third-order valence-corrected chi connectivity index (χ3v) is 4.28. The Balaban J connectivity index is 1.92. The molecular weight excluding hydrogens is 334 g/mol. The summed E-state index contributed by atoms with van der Waals surface area (Å²) >= 11 is 5.97. The highest BCUT2D eigenvalue weighted by molar-refractivity contribution is 6.30. The van der Waals surface area contributed by atoms with Crippen molar-refractivity contribution >= 4 is 22.4 Å². The second-order valence-corrected chi connectivity index (χ2v) is 6.14. The predicted octanol–water partition coefficient (Wildman–Crippen LogP) is 4.02. The number of hydrogen-bond acceptors (Lipinski definition) is 3. The van der Waals surface area contributed by atoms with Gasteiger partial charge in [-0.15, -0.1) is 0 Å². The van der Waals surface area contributed by atoms with Gasteiger partial charge in [0.2, 0.25) is 0 Å². The average molecular weight is 348 g/mol. The van der Waals surface area contributed by atoms with Crippen LogP contribution in [-0.2, 0) is 6.42 Å². The molecule has 0 N–H and O–H groups in total. The Hall–Kier alpha value is -2.98. The van der Waals surface area contributed by atoms with E-state index < -0.39 is 0 Å². The van der Waals surface area contributed by atoms with Crippen molar-refractivity contribution in [2.45, 2.75) is 6.42 Å². The Labute approximate surface area is 149 Å². The molecule has 0 saturated carbocycles. The van der Waals surface area contributed by atoms with Crippen LogP contribution in [0.4, 0.5) is 0 Å². The van der Waals surface area contributed by atoms with Crippen molar-refractivity contribution in [2.75, 3.05) is 0 Å². The van der Waals surface area contributed by atoms with Crippen LogP contribution in [0.2, 0.25) is 5.02 Å². The van der Waals surface area contributed by atoms with Crippen LogP contribution >= 0.6 is 11.6 Å². The summed E-state index contributed by atoms with van der Waals surface area (Å²) in [6, 6.07) is 20.6. The number of halogens is 1. The van der Waals surface area contributed by atoms with E-state index in [1.54, 1.807) is 12.3 Å². The number of nitrogens with zero attached hydrogens (tertiary/aromatic N) is 3. The minimum atomic E-state index is -0.172. The molecule has 2 aromatic heterocycles. The molecule has 0 aliphatic heterocycles. The van der Waals surface area contributed by atoms with Crippen LogP contribution in [0.5, 0.6) is 0 Å². The van der Waals surface area contributed by atoms with E-state index in [0.29, 0.717) is 22.6 Å². The Morgan fingerprint density at radius 1 is 0.880 bits per heavy atom. The van der Waals surface area contributed by atoms with E-state index in [9.17, 15) is 4.79 Å². The van der Waals surface area contributed by atoms with Crippen molar-refractivity contribution in [3.8, 4) is 5.82 Å². The molecule has 25 heavy (non-hydrogen) atoms. The standard InChI is InChI=1S/C20H14ClN3O/c21-15-10-8-14(9-11-15)13-18-16-5-1-2-6-17(16)20(25)24(23-18)19-7-3-4-12-22-19/h1-12H,13H2. The van der Waals surface area contributed by atoms with E-state index in [1.807, 2.05) is 60.7 Å². The SMILES string of the molecule is O=c1c2ccccc2c(Cc2ccc(Cl)cc2)nn1-c1ccccn1. The van der Waals surface area contributed by atoms with Crippen molar-refractivity contribution in [3.05, 3.63) is 99.6 Å². The molecule has 5 heteroatoms. The predicted molar refractivity (Wildman–Crippen MR) is 99.4 cm³/mol. The zero-order chi connectivity index (χ0) is 17.2. The molecule has 2 aromatic carbocycles. The van der Waals surface area contributed by atoms with Crippen molar-refractivity contribution in [3.63, 3.8) is 0 Å². The molecule has 0 aliphatic carbocycles. The van der Waals surface area contributed by atoms with Crippen molar-refractivity contribution in [1.29, 1.82) is 0 Å². The highest BCUT2D eigenvalue weighted by atomic mass is 35.5. The number of rotatable bonds is 3. The first-order valence-corrected chi connectivity index (χ1v) is 8.27. The summed E-state index contributed by atoms with van der Waals surface area (Å²) in [5, 5.41) is 6.78. The number of aromatic nitrogens is 3. The Bertz CT molecular complexity index is 1090. The molecule has 0 fully saturated rings. The molecule has 122 valence electrons.